The van der Waals surface area contributed by atoms with Gasteiger partial charge in [-0.2, -0.15) is 5.26 Å². The highest BCUT2D eigenvalue weighted by Crippen LogP contribution is 2.36. The number of hydrogen-bond donors (Lipinski definition) is 0. The van der Waals surface area contributed by atoms with Gasteiger partial charge in [-0.25, -0.2) is 4.98 Å². The molecule has 0 amide bonds. The van der Waals surface area contributed by atoms with Gasteiger partial charge in [0.1, 0.15) is 0 Å². The van der Waals surface area contributed by atoms with Gasteiger partial charge in [0.2, 0.25) is 0 Å². The smallest absolute Gasteiger partial charge is 0.0991 e. The van der Waals surface area contributed by atoms with Crippen molar-refractivity contribution >= 4 is 23.2 Å². The maximum Gasteiger partial charge on any atom is 0.0991 e. The molecule has 3 nitrogen and oxygen atoms in total. The normalized spacial score (nSPS) is 10.3. The third-order valence-corrected chi connectivity index (χ3v) is 3.73. The lowest BCUT2D eigenvalue weighted by molar-refractivity contribution is 1.06. The van der Waals surface area contributed by atoms with Gasteiger partial charge in [0.25, 0.3) is 0 Å². The van der Waals surface area contributed by atoms with Crippen LogP contribution in [0.5, 0.6) is 0 Å². The van der Waals surface area contributed by atoms with E-state index in [0.29, 0.717) is 15.6 Å². The van der Waals surface area contributed by atoms with Crippen molar-refractivity contribution in [3.8, 4) is 22.9 Å². The van der Waals surface area contributed by atoms with Crippen LogP contribution in [0.4, 0.5) is 0 Å². The Hall–Kier alpha value is -2.28. The number of aromatic nitrogens is 2. The lowest BCUT2D eigenvalue weighted by Crippen LogP contribution is -1.92. The summed E-state index contributed by atoms with van der Waals surface area (Å²) in [5.74, 6) is 0. The second kappa shape index (κ2) is 5.61. The quantitative estimate of drug-likeness (QED) is 0.687. The molecule has 0 saturated heterocycles. The second-order valence-corrected chi connectivity index (χ2v) is 5.26. The van der Waals surface area contributed by atoms with Crippen LogP contribution in [0.3, 0.4) is 0 Å². The van der Waals surface area contributed by atoms with E-state index in [1.54, 1.807) is 24.7 Å². The van der Waals surface area contributed by atoms with Crippen LogP contribution in [0.1, 0.15) is 5.56 Å². The molecule has 0 saturated carbocycles. The van der Waals surface area contributed by atoms with Gasteiger partial charge in [0.05, 0.1) is 28.0 Å². The summed E-state index contributed by atoms with van der Waals surface area (Å²) < 4.78 is 1.83. The molecule has 0 N–H and O–H groups in total. The molecule has 0 spiro atoms. The van der Waals surface area contributed by atoms with Gasteiger partial charge in [0, 0.05) is 23.6 Å². The summed E-state index contributed by atoms with van der Waals surface area (Å²) >= 11 is 12.8. The van der Waals surface area contributed by atoms with E-state index in [0.717, 1.165) is 16.8 Å². The largest absolute Gasteiger partial charge is 0.306 e. The van der Waals surface area contributed by atoms with Crippen molar-refractivity contribution in [3.63, 3.8) is 0 Å². The van der Waals surface area contributed by atoms with E-state index in [2.05, 4.69) is 11.1 Å². The first-order chi connectivity index (χ1) is 10.2. The summed E-state index contributed by atoms with van der Waals surface area (Å²) in [7, 11) is 0. The molecule has 0 bridgehead atoms. The van der Waals surface area contributed by atoms with Crippen molar-refractivity contribution in [1.29, 1.82) is 5.26 Å². The fourth-order valence-electron chi connectivity index (χ4n) is 2.11. The topological polar surface area (TPSA) is 41.6 Å². The van der Waals surface area contributed by atoms with Crippen molar-refractivity contribution in [2.75, 3.05) is 0 Å². The van der Waals surface area contributed by atoms with Crippen LogP contribution in [-0.4, -0.2) is 9.55 Å². The summed E-state index contributed by atoms with van der Waals surface area (Å²) in [6.07, 6.45) is 5.20. The Morgan fingerprint density at radius 3 is 2.24 bits per heavy atom. The van der Waals surface area contributed by atoms with Crippen LogP contribution >= 0.6 is 23.2 Å². The van der Waals surface area contributed by atoms with E-state index in [4.69, 9.17) is 28.5 Å². The standard InChI is InChI=1S/C16H9Cl2N3/c17-14-7-13(21-6-5-20-10-21)8-15(18)16(14)12-3-1-11(9-19)2-4-12/h1-8,10H. The van der Waals surface area contributed by atoms with E-state index in [9.17, 15) is 0 Å². The molecule has 0 radical (unpaired) electrons. The van der Waals surface area contributed by atoms with Gasteiger partial charge in [-0.05, 0) is 29.8 Å². The van der Waals surface area contributed by atoms with Crippen molar-refractivity contribution < 1.29 is 0 Å². The molecule has 0 atom stereocenters. The Kier molecular flexibility index (Phi) is 3.66. The summed E-state index contributed by atoms with van der Waals surface area (Å²) in [6, 6.07) is 12.9. The molecular formula is C16H9Cl2N3. The first-order valence-electron chi connectivity index (χ1n) is 6.17. The van der Waals surface area contributed by atoms with Gasteiger partial charge in [-0.3, -0.25) is 0 Å². The predicted molar refractivity (Wildman–Crippen MR) is 83.7 cm³/mol. The van der Waals surface area contributed by atoms with Gasteiger partial charge in [0.15, 0.2) is 0 Å². The van der Waals surface area contributed by atoms with Crippen LogP contribution in [0.15, 0.2) is 55.1 Å². The number of nitrogens with zero attached hydrogens (tertiary/aromatic N) is 3. The number of rotatable bonds is 2. The van der Waals surface area contributed by atoms with Gasteiger partial charge in [-0.1, -0.05) is 35.3 Å². The second-order valence-electron chi connectivity index (χ2n) is 4.44. The highest BCUT2D eigenvalue weighted by molar-refractivity contribution is 6.39. The summed E-state index contributed by atoms with van der Waals surface area (Å²) in [5.41, 5.74) is 3.08. The first kappa shape index (κ1) is 13.7. The molecule has 0 fully saturated rings. The highest BCUT2D eigenvalue weighted by atomic mass is 35.5. The van der Waals surface area contributed by atoms with Crippen LogP contribution in [0.2, 0.25) is 10.0 Å². The Bertz CT molecular complexity index is 793. The molecule has 1 aromatic heterocycles. The molecule has 1 heterocycles. The number of benzene rings is 2. The van der Waals surface area contributed by atoms with E-state index >= 15 is 0 Å². The molecule has 0 aliphatic rings. The number of hydrogen-bond acceptors (Lipinski definition) is 2. The molecule has 0 aliphatic heterocycles. The molecule has 3 rings (SSSR count). The van der Waals surface area contributed by atoms with Crippen LogP contribution in [-0.2, 0) is 0 Å². The monoisotopic (exact) mass is 313 g/mol. The Labute approximate surface area is 132 Å². The number of halogens is 2. The Balaban J connectivity index is 2.09. The van der Waals surface area contributed by atoms with E-state index in [1.165, 1.54) is 0 Å². The van der Waals surface area contributed by atoms with E-state index < -0.39 is 0 Å². The summed E-state index contributed by atoms with van der Waals surface area (Å²) in [6.45, 7) is 0. The van der Waals surface area contributed by atoms with E-state index in [-0.39, 0.29) is 0 Å². The zero-order chi connectivity index (χ0) is 14.8. The number of imidazole rings is 1. The molecule has 5 heteroatoms. The third-order valence-electron chi connectivity index (χ3n) is 3.13. The van der Waals surface area contributed by atoms with Crippen molar-refractivity contribution in [2.24, 2.45) is 0 Å². The number of nitriles is 1. The maximum absolute atomic E-state index is 8.84. The van der Waals surface area contributed by atoms with Gasteiger partial charge >= 0.3 is 0 Å². The van der Waals surface area contributed by atoms with Gasteiger partial charge in [-0.15, -0.1) is 0 Å². The molecule has 3 aromatic rings. The summed E-state index contributed by atoms with van der Waals surface area (Å²) in [5, 5.41) is 9.94. The SMILES string of the molecule is N#Cc1ccc(-c2c(Cl)cc(-n3ccnc3)cc2Cl)cc1. The zero-order valence-electron chi connectivity index (χ0n) is 10.8. The Morgan fingerprint density at radius 2 is 1.71 bits per heavy atom. The zero-order valence-corrected chi connectivity index (χ0v) is 12.3. The van der Waals surface area contributed by atoms with Crippen LogP contribution < -0.4 is 0 Å². The molecule has 21 heavy (non-hydrogen) atoms. The minimum absolute atomic E-state index is 0.552. The van der Waals surface area contributed by atoms with Crippen molar-refractivity contribution in [1.82, 2.24) is 9.55 Å². The van der Waals surface area contributed by atoms with Crippen LogP contribution in [0, 0.1) is 11.3 Å². The third kappa shape index (κ3) is 2.64. The predicted octanol–water partition coefficient (Wildman–Crippen LogP) is 4.72. The van der Waals surface area contributed by atoms with Gasteiger partial charge < -0.3 is 4.57 Å². The van der Waals surface area contributed by atoms with Crippen molar-refractivity contribution in [2.45, 2.75) is 0 Å². The molecule has 2 aromatic carbocycles. The molecular weight excluding hydrogens is 305 g/mol. The molecule has 102 valence electrons. The molecule has 0 aliphatic carbocycles. The fraction of sp³-hybridized carbons (Fsp3) is 0. The fourth-order valence-corrected chi connectivity index (χ4v) is 2.80. The Morgan fingerprint density at radius 1 is 1.05 bits per heavy atom. The highest BCUT2D eigenvalue weighted by Gasteiger charge is 2.11. The summed E-state index contributed by atoms with van der Waals surface area (Å²) in [4.78, 5) is 4.00. The lowest BCUT2D eigenvalue weighted by Gasteiger charge is -2.11. The lowest BCUT2D eigenvalue weighted by atomic mass is 10.0. The average Bonchev–Trinajstić information content (AvgIpc) is 3.01. The molecule has 0 unspecified atom stereocenters. The minimum Gasteiger partial charge on any atom is -0.306 e. The first-order valence-corrected chi connectivity index (χ1v) is 6.92. The van der Waals surface area contributed by atoms with Crippen molar-refractivity contribution in [3.05, 3.63) is 70.7 Å². The van der Waals surface area contributed by atoms with Crippen LogP contribution in [0.25, 0.3) is 16.8 Å². The maximum atomic E-state index is 8.84. The average molecular weight is 314 g/mol. The van der Waals surface area contributed by atoms with E-state index in [1.807, 2.05) is 35.0 Å². The minimum atomic E-state index is 0.552.